The highest BCUT2D eigenvalue weighted by molar-refractivity contribution is 5.50. The van der Waals surface area contributed by atoms with Crippen LogP contribution >= 0.6 is 0 Å². The largest absolute Gasteiger partial charge is 0.379 e. The second-order valence-corrected chi connectivity index (χ2v) is 4.74. The fourth-order valence-electron chi connectivity index (χ4n) is 3.25. The quantitative estimate of drug-likeness (QED) is 0.760. The minimum atomic E-state index is -0.158. The first-order chi connectivity index (χ1) is 7.79. The maximum atomic E-state index is 13.2. The number of anilines is 1. The fraction of sp³-hybridized carbons (Fsp3) is 0.538. The summed E-state index contributed by atoms with van der Waals surface area (Å²) in [7, 11) is 1.78. The molecule has 1 heterocycles. The molecule has 2 bridgehead atoms. The van der Waals surface area contributed by atoms with Crippen LogP contribution in [0, 0.1) is 11.7 Å². The van der Waals surface area contributed by atoms with Crippen LogP contribution in [0.4, 0.5) is 10.1 Å². The van der Waals surface area contributed by atoms with Crippen molar-refractivity contribution in [3.05, 3.63) is 30.1 Å². The van der Waals surface area contributed by atoms with Crippen molar-refractivity contribution in [3.63, 3.8) is 0 Å². The smallest absolute Gasteiger partial charge is 0.125 e. The normalized spacial score (nSPS) is 32.4. The summed E-state index contributed by atoms with van der Waals surface area (Å²) in [6.07, 6.45) is 2.75. The minimum absolute atomic E-state index is 0.158. The lowest BCUT2D eigenvalue weighted by atomic mass is 10.1. The number of halogens is 1. The summed E-state index contributed by atoms with van der Waals surface area (Å²) < 4.78 is 18.7. The molecule has 1 aliphatic heterocycles. The van der Waals surface area contributed by atoms with Gasteiger partial charge in [0.1, 0.15) is 5.82 Å². The maximum Gasteiger partial charge on any atom is 0.125 e. The summed E-state index contributed by atoms with van der Waals surface area (Å²) in [6.45, 7) is 1.01. The van der Waals surface area contributed by atoms with Crippen LogP contribution < -0.4 is 4.90 Å². The van der Waals surface area contributed by atoms with Crippen LogP contribution in [0.3, 0.4) is 0 Å². The van der Waals surface area contributed by atoms with E-state index in [0.29, 0.717) is 18.1 Å². The number of ether oxygens (including phenoxy) is 1. The third-order valence-electron chi connectivity index (χ3n) is 3.92. The molecule has 2 nitrogen and oxygen atoms in total. The van der Waals surface area contributed by atoms with Gasteiger partial charge in [0.25, 0.3) is 0 Å². The molecule has 0 unspecified atom stereocenters. The van der Waals surface area contributed by atoms with E-state index in [1.54, 1.807) is 19.2 Å². The molecule has 1 aromatic rings. The molecule has 1 saturated carbocycles. The second-order valence-electron chi connectivity index (χ2n) is 4.74. The van der Waals surface area contributed by atoms with Crippen LogP contribution in [-0.4, -0.2) is 25.8 Å². The van der Waals surface area contributed by atoms with Crippen molar-refractivity contribution in [2.45, 2.75) is 25.0 Å². The number of hydrogen-bond acceptors (Lipinski definition) is 2. The highest BCUT2D eigenvalue weighted by atomic mass is 19.1. The molecule has 1 aromatic carbocycles. The number of fused-ring (bicyclic) bond motifs is 2. The van der Waals surface area contributed by atoms with Gasteiger partial charge in [-0.05, 0) is 31.0 Å². The molecule has 0 amide bonds. The first kappa shape index (κ1) is 10.1. The summed E-state index contributed by atoms with van der Waals surface area (Å²) >= 11 is 0. The lowest BCUT2D eigenvalue weighted by Crippen LogP contribution is -2.34. The summed E-state index contributed by atoms with van der Waals surface area (Å²) in [6, 6.07) is 7.31. The first-order valence-corrected chi connectivity index (χ1v) is 5.84. The molecule has 2 aliphatic rings. The number of hydrogen-bond donors (Lipinski definition) is 0. The Labute approximate surface area is 95.0 Å². The zero-order valence-corrected chi connectivity index (χ0v) is 9.40. The molecule has 1 saturated heterocycles. The monoisotopic (exact) mass is 221 g/mol. The molecule has 0 spiro atoms. The Morgan fingerprint density at radius 3 is 2.94 bits per heavy atom. The van der Waals surface area contributed by atoms with Crippen LogP contribution in [-0.2, 0) is 4.74 Å². The van der Waals surface area contributed by atoms with Crippen molar-refractivity contribution >= 4 is 5.69 Å². The molecule has 1 aliphatic carbocycles. The van der Waals surface area contributed by atoms with Gasteiger partial charge < -0.3 is 9.64 Å². The fourth-order valence-corrected chi connectivity index (χ4v) is 3.25. The van der Waals surface area contributed by atoms with Crippen molar-refractivity contribution in [2.24, 2.45) is 5.92 Å². The van der Waals surface area contributed by atoms with Gasteiger partial charge in [-0.25, -0.2) is 4.39 Å². The van der Waals surface area contributed by atoms with E-state index in [1.165, 1.54) is 18.9 Å². The molecule has 16 heavy (non-hydrogen) atoms. The van der Waals surface area contributed by atoms with E-state index >= 15 is 0 Å². The third-order valence-corrected chi connectivity index (χ3v) is 3.92. The van der Waals surface area contributed by atoms with E-state index in [9.17, 15) is 4.39 Å². The summed E-state index contributed by atoms with van der Waals surface area (Å²) in [4.78, 5) is 2.30. The highest BCUT2D eigenvalue weighted by Crippen LogP contribution is 2.41. The van der Waals surface area contributed by atoms with Crippen LogP contribution in [0.15, 0.2) is 24.3 Å². The van der Waals surface area contributed by atoms with Gasteiger partial charge in [-0.2, -0.15) is 0 Å². The molecule has 0 aromatic heterocycles. The predicted molar refractivity (Wildman–Crippen MR) is 61.1 cm³/mol. The Bertz CT molecular complexity index is 395. The molecular weight excluding hydrogens is 205 g/mol. The number of methoxy groups -OCH3 is 1. The standard InChI is InChI=1S/C13H16FNO/c1-16-13-9-5-6-12(13)15(8-9)11-4-2-3-10(14)7-11/h2-4,7,9,12-13H,5-6,8H2,1H3/t9-,12+,13+/m0/s1. The first-order valence-electron chi connectivity index (χ1n) is 5.84. The molecule has 0 radical (unpaired) electrons. The van der Waals surface area contributed by atoms with Crippen molar-refractivity contribution < 1.29 is 9.13 Å². The number of piperidine rings is 1. The Balaban J connectivity index is 1.88. The number of rotatable bonds is 2. The minimum Gasteiger partial charge on any atom is -0.379 e. The van der Waals surface area contributed by atoms with Gasteiger partial charge in [-0.15, -0.1) is 0 Å². The van der Waals surface area contributed by atoms with Crippen molar-refractivity contribution in [3.8, 4) is 0 Å². The third kappa shape index (κ3) is 1.42. The lowest BCUT2D eigenvalue weighted by molar-refractivity contribution is 0.0854. The summed E-state index contributed by atoms with van der Waals surface area (Å²) in [5.41, 5.74) is 0.995. The van der Waals surface area contributed by atoms with E-state index < -0.39 is 0 Å². The van der Waals surface area contributed by atoms with Gasteiger partial charge in [0.15, 0.2) is 0 Å². The topological polar surface area (TPSA) is 12.5 Å². The summed E-state index contributed by atoms with van der Waals surface area (Å²) in [5.74, 6) is 0.465. The highest BCUT2D eigenvalue weighted by Gasteiger charge is 2.47. The Morgan fingerprint density at radius 2 is 2.25 bits per heavy atom. The Morgan fingerprint density at radius 1 is 1.38 bits per heavy atom. The van der Waals surface area contributed by atoms with Crippen LogP contribution in [0.2, 0.25) is 0 Å². The molecule has 86 valence electrons. The van der Waals surface area contributed by atoms with Crippen molar-refractivity contribution in [1.29, 1.82) is 0 Å². The predicted octanol–water partition coefficient (Wildman–Crippen LogP) is 2.44. The zero-order chi connectivity index (χ0) is 11.1. The van der Waals surface area contributed by atoms with Crippen LogP contribution in [0.25, 0.3) is 0 Å². The maximum absolute atomic E-state index is 13.2. The van der Waals surface area contributed by atoms with E-state index in [4.69, 9.17) is 4.74 Å². The molecule has 3 atom stereocenters. The molecule has 2 fully saturated rings. The second kappa shape index (κ2) is 3.74. The summed E-state index contributed by atoms with van der Waals surface area (Å²) in [5, 5.41) is 0. The average molecular weight is 221 g/mol. The molecule has 3 heteroatoms. The molecular formula is C13H16FNO. The van der Waals surface area contributed by atoms with Gasteiger partial charge in [0, 0.05) is 25.3 Å². The van der Waals surface area contributed by atoms with E-state index in [1.807, 2.05) is 6.07 Å². The molecule has 3 rings (SSSR count). The molecule has 0 N–H and O–H groups in total. The van der Waals surface area contributed by atoms with Crippen molar-refractivity contribution in [2.75, 3.05) is 18.6 Å². The van der Waals surface area contributed by atoms with E-state index in [2.05, 4.69) is 4.90 Å². The SMILES string of the molecule is CO[C@@H]1[C@H]2CC[C@H]1N(c1cccc(F)c1)C2. The Kier molecular flexibility index (Phi) is 2.36. The lowest BCUT2D eigenvalue weighted by Gasteiger charge is -2.29. The average Bonchev–Trinajstić information content (AvgIpc) is 2.85. The number of nitrogens with zero attached hydrogens (tertiary/aromatic N) is 1. The number of benzene rings is 1. The van der Waals surface area contributed by atoms with Crippen LogP contribution in [0.1, 0.15) is 12.8 Å². The van der Waals surface area contributed by atoms with Gasteiger partial charge >= 0.3 is 0 Å². The van der Waals surface area contributed by atoms with Crippen LogP contribution in [0.5, 0.6) is 0 Å². The van der Waals surface area contributed by atoms with E-state index in [-0.39, 0.29) is 5.82 Å². The van der Waals surface area contributed by atoms with Gasteiger partial charge in [-0.1, -0.05) is 6.07 Å². The Hall–Kier alpha value is -1.09. The van der Waals surface area contributed by atoms with Gasteiger partial charge in [0.2, 0.25) is 0 Å². The van der Waals surface area contributed by atoms with Crippen molar-refractivity contribution in [1.82, 2.24) is 0 Å². The van der Waals surface area contributed by atoms with Gasteiger partial charge in [0.05, 0.1) is 12.1 Å². The van der Waals surface area contributed by atoms with Gasteiger partial charge in [-0.3, -0.25) is 0 Å². The zero-order valence-electron chi connectivity index (χ0n) is 9.40. The van der Waals surface area contributed by atoms with E-state index in [0.717, 1.165) is 12.2 Å².